The van der Waals surface area contributed by atoms with Crippen LogP contribution in [0, 0.1) is 0 Å². The summed E-state index contributed by atoms with van der Waals surface area (Å²) in [5.41, 5.74) is 0.890. The first kappa shape index (κ1) is 18.2. The normalized spacial score (nSPS) is 16.6. The highest BCUT2D eigenvalue weighted by atomic mass is 35.5. The van der Waals surface area contributed by atoms with E-state index in [0.29, 0.717) is 22.4 Å². The molecule has 0 saturated carbocycles. The maximum absolute atomic E-state index is 12.9. The van der Waals surface area contributed by atoms with Crippen LogP contribution in [0.1, 0.15) is 12.8 Å². The smallest absolute Gasteiger partial charge is 0.266 e. The Kier molecular flexibility index (Phi) is 5.57. The van der Waals surface area contributed by atoms with Gasteiger partial charge in [0.2, 0.25) is 0 Å². The average Bonchev–Trinajstić information content (AvgIpc) is 3.34. The second kappa shape index (κ2) is 8.25. The van der Waals surface area contributed by atoms with E-state index in [1.54, 1.807) is 29.2 Å². The molecule has 1 aliphatic heterocycles. The molecule has 4 rings (SSSR count). The average molecular weight is 403 g/mol. The Labute approximate surface area is 166 Å². The summed E-state index contributed by atoms with van der Waals surface area (Å²) in [7, 11) is 0. The zero-order chi connectivity index (χ0) is 18.6. The number of carbonyl (C=O) groups excluding carboxylic acids is 1. The van der Waals surface area contributed by atoms with E-state index >= 15 is 0 Å². The van der Waals surface area contributed by atoms with Gasteiger partial charge >= 0.3 is 0 Å². The predicted octanol–water partition coefficient (Wildman–Crippen LogP) is 4.54. The summed E-state index contributed by atoms with van der Waals surface area (Å²) in [6, 6.07) is 14.8. The molecular weight excluding hydrogens is 384 g/mol. The molecule has 0 radical (unpaired) electrons. The topological polar surface area (TPSA) is 51.7 Å². The van der Waals surface area contributed by atoms with Gasteiger partial charge < -0.3 is 9.47 Å². The number of anilines is 1. The van der Waals surface area contributed by atoms with Gasteiger partial charge in [-0.25, -0.2) is 4.98 Å². The molecular formula is C20H19ClN2O3S. The van der Waals surface area contributed by atoms with Crippen LogP contribution in [0.15, 0.2) is 48.5 Å². The molecule has 1 aromatic heterocycles. The number of hydrogen-bond acceptors (Lipinski definition) is 5. The standard InChI is InChI=1S/C20H19ClN2O3S/c21-14-7-9-15(10-8-14)26-13-19(24)23(12-16-4-3-11-25-16)20-22-17-5-1-2-6-18(17)27-20/h1-2,5-10,16H,3-4,11-13H2/t16-/m0/s1. The largest absolute Gasteiger partial charge is 0.484 e. The number of halogens is 1. The van der Waals surface area contributed by atoms with Crippen LogP contribution in [-0.2, 0) is 9.53 Å². The molecule has 1 amide bonds. The van der Waals surface area contributed by atoms with Crippen molar-refractivity contribution in [1.29, 1.82) is 0 Å². The Balaban J connectivity index is 1.52. The molecule has 0 bridgehead atoms. The van der Waals surface area contributed by atoms with Crippen molar-refractivity contribution in [2.24, 2.45) is 0 Å². The van der Waals surface area contributed by atoms with E-state index in [4.69, 9.17) is 21.1 Å². The number of aromatic nitrogens is 1. The molecule has 1 aliphatic rings. The van der Waals surface area contributed by atoms with E-state index in [2.05, 4.69) is 4.98 Å². The fourth-order valence-electron chi connectivity index (χ4n) is 3.01. The third kappa shape index (κ3) is 4.40. The van der Waals surface area contributed by atoms with Gasteiger partial charge in [-0.2, -0.15) is 0 Å². The number of benzene rings is 2. The van der Waals surface area contributed by atoms with Crippen LogP contribution in [0.25, 0.3) is 10.2 Å². The maximum atomic E-state index is 12.9. The minimum atomic E-state index is -0.139. The maximum Gasteiger partial charge on any atom is 0.266 e. The summed E-state index contributed by atoms with van der Waals surface area (Å²) < 4.78 is 12.4. The molecule has 3 aromatic rings. The van der Waals surface area contributed by atoms with Crippen molar-refractivity contribution in [1.82, 2.24) is 4.98 Å². The van der Waals surface area contributed by atoms with E-state index in [-0.39, 0.29) is 18.6 Å². The monoisotopic (exact) mass is 402 g/mol. The Morgan fingerprint density at radius 3 is 2.81 bits per heavy atom. The van der Waals surface area contributed by atoms with Gasteiger partial charge in [0, 0.05) is 11.6 Å². The highest BCUT2D eigenvalue weighted by Gasteiger charge is 2.26. The first-order valence-electron chi connectivity index (χ1n) is 8.85. The molecule has 2 heterocycles. The molecule has 27 heavy (non-hydrogen) atoms. The van der Waals surface area contributed by atoms with Crippen molar-refractivity contribution in [3.8, 4) is 5.75 Å². The summed E-state index contributed by atoms with van der Waals surface area (Å²) in [6.07, 6.45) is 2.01. The number of rotatable bonds is 6. The molecule has 2 aromatic carbocycles. The Bertz CT molecular complexity index is 889. The lowest BCUT2D eigenvalue weighted by atomic mass is 10.2. The van der Waals surface area contributed by atoms with E-state index in [1.807, 2.05) is 24.3 Å². The lowest BCUT2D eigenvalue weighted by molar-refractivity contribution is -0.120. The van der Waals surface area contributed by atoms with Gasteiger partial charge in [0.1, 0.15) is 5.75 Å². The Hall–Kier alpha value is -2.15. The van der Waals surface area contributed by atoms with Crippen LogP contribution < -0.4 is 9.64 Å². The minimum Gasteiger partial charge on any atom is -0.484 e. The number of fused-ring (bicyclic) bond motifs is 1. The first-order valence-corrected chi connectivity index (χ1v) is 10.0. The highest BCUT2D eigenvalue weighted by Crippen LogP contribution is 2.30. The number of carbonyl (C=O) groups is 1. The number of ether oxygens (including phenoxy) is 2. The zero-order valence-electron chi connectivity index (χ0n) is 14.6. The molecule has 5 nitrogen and oxygen atoms in total. The van der Waals surface area contributed by atoms with Crippen LogP contribution >= 0.6 is 22.9 Å². The number of nitrogens with zero attached hydrogens (tertiary/aromatic N) is 2. The molecule has 0 N–H and O–H groups in total. The molecule has 0 spiro atoms. The summed E-state index contributed by atoms with van der Waals surface area (Å²) in [5.74, 6) is 0.466. The minimum absolute atomic E-state index is 0.0384. The van der Waals surface area contributed by atoms with Crippen molar-refractivity contribution in [3.63, 3.8) is 0 Å². The van der Waals surface area contributed by atoms with Crippen LogP contribution in [-0.4, -0.2) is 36.8 Å². The second-order valence-electron chi connectivity index (χ2n) is 6.35. The van der Waals surface area contributed by atoms with E-state index in [0.717, 1.165) is 29.7 Å². The predicted molar refractivity (Wildman–Crippen MR) is 108 cm³/mol. The van der Waals surface area contributed by atoms with Crippen LogP contribution in [0.2, 0.25) is 5.02 Å². The van der Waals surface area contributed by atoms with Crippen molar-refractivity contribution >= 4 is 44.2 Å². The molecule has 0 unspecified atom stereocenters. The number of para-hydroxylation sites is 1. The van der Waals surface area contributed by atoms with Crippen molar-refractivity contribution in [3.05, 3.63) is 53.6 Å². The SMILES string of the molecule is O=C(COc1ccc(Cl)cc1)N(C[C@@H]1CCCO1)c1nc2ccccc2s1. The molecule has 7 heteroatoms. The Morgan fingerprint density at radius 1 is 1.26 bits per heavy atom. The van der Waals surface area contributed by atoms with Gasteiger partial charge in [-0.15, -0.1) is 0 Å². The first-order chi connectivity index (χ1) is 13.2. The van der Waals surface area contributed by atoms with E-state index < -0.39 is 0 Å². The lowest BCUT2D eigenvalue weighted by Crippen LogP contribution is -2.40. The molecule has 1 atom stereocenters. The molecule has 0 aliphatic carbocycles. The summed E-state index contributed by atoms with van der Waals surface area (Å²) >= 11 is 7.39. The van der Waals surface area contributed by atoms with Gasteiger partial charge in [0.05, 0.1) is 22.9 Å². The molecule has 1 saturated heterocycles. The molecule has 1 fully saturated rings. The van der Waals surface area contributed by atoms with Crippen molar-refractivity contribution in [2.45, 2.75) is 18.9 Å². The highest BCUT2D eigenvalue weighted by molar-refractivity contribution is 7.22. The number of hydrogen-bond donors (Lipinski definition) is 0. The second-order valence-corrected chi connectivity index (χ2v) is 7.79. The summed E-state index contributed by atoms with van der Waals surface area (Å²) in [5, 5.41) is 1.31. The number of thiazole rings is 1. The summed E-state index contributed by atoms with van der Waals surface area (Å²) in [6.45, 7) is 1.17. The van der Waals surface area contributed by atoms with Crippen LogP contribution in [0.4, 0.5) is 5.13 Å². The van der Waals surface area contributed by atoms with E-state index in [1.165, 1.54) is 11.3 Å². The van der Waals surface area contributed by atoms with Crippen molar-refractivity contribution in [2.75, 3.05) is 24.7 Å². The van der Waals surface area contributed by atoms with Gasteiger partial charge in [-0.3, -0.25) is 9.69 Å². The third-order valence-corrected chi connectivity index (χ3v) is 5.71. The van der Waals surface area contributed by atoms with Crippen molar-refractivity contribution < 1.29 is 14.3 Å². The van der Waals surface area contributed by atoms with E-state index in [9.17, 15) is 4.79 Å². The van der Waals surface area contributed by atoms with Crippen LogP contribution in [0.5, 0.6) is 5.75 Å². The quantitative estimate of drug-likeness (QED) is 0.607. The molecule has 140 valence electrons. The van der Waals surface area contributed by atoms with Gasteiger partial charge in [-0.05, 0) is 49.2 Å². The fourth-order valence-corrected chi connectivity index (χ4v) is 4.13. The van der Waals surface area contributed by atoms with Gasteiger partial charge in [0.15, 0.2) is 11.7 Å². The van der Waals surface area contributed by atoms with Gasteiger partial charge in [-0.1, -0.05) is 35.1 Å². The van der Waals surface area contributed by atoms with Crippen LogP contribution in [0.3, 0.4) is 0 Å². The lowest BCUT2D eigenvalue weighted by Gasteiger charge is -2.23. The fraction of sp³-hybridized carbons (Fsp3) is 0.300. The third-order valence-electron chi connectivity index (χ3n) is 4.40. The van der Waals surface area contributed by atoms with Gasteiger partial charge in [0.25, 0.3) is 5.91 Å². The summed E-state index contributed by atoms with van der Waals surface area (Å²) in [4.78, 5) is 19.3. The Morgan fingerprint density at radius 2 is 2.07 bits per heavy atom. The zero-order valence-corrected chi connectivity index (χ0v) is 16.2. The number of amides is 1.